The quantitative estimate of drug-likeness (QED) is 0.752. The number of aromatic nitrogens is 1. The smallest absolute Gasteiger partial charge is 0.389 e. The molecule has 0 aliphatic carbocycles. The lowest BCUT2D eigenvalue weighted by molar-refractivity contribution is -0.134. The van der Waals surface area contributed by atoms with E-state index in [9.17, 15) is 18.0 Å². The molecule has 0 aliphatic heterocycles. The number of methoxy groups -OCH3 is 1. The first-order valence-corrected chi connectivity index (χ1v) is 4.52. The van der Waals surface area contributed by atoms with Crippen LogP contribution in [0.25, 0.3) is 0 Å². The van der Waals surface area contributed by atoms with Gasteiger partial charge in [0.2, 0.25) is 0 Å². The number of aryl methyl sites for hydroxylation is 1. The first-order chi connectivity index (χ1) is 7.42. The number of esters is 1. The summed E-state index contributed by atoms with van der Waals surface area (Å²) in [7, 11) is 1.22. The van der Waals surface area contributed by atoms with Crippen molar-refractivity contribution in [2.45, 2.75) is 19.0 Å². The first kappa shape index (κ1) is 12.5. The molecule has 0 aromatic carbocycles. The third-order valence-corrected chi connectivity index (χ3v) is 1.91. The summed E-state index contributed by atoms with van der Waals surface area (Å²) in [5.74, 6) is -0.560. The topological polar surface area (TPSA) is 39.2 Å². The summed E-state index contributed by atoms with van der Waals surface area (Å²) in [6.07, 6.45) is -4.09. The Kier molecular flexibility index (Phi) is 3.87. The zero-order valence-electron chi connectivity index (χ0n) is 8.54. The number of alkyl halides is 3. The van der Waals surface area contributed by atoms with Crippen LogP contribution in [0.1, 0.15) is 22.5 Å². The van der Waals surface area contributed by atoms with Crippen LogP contribution in [-0.4, -0.2) is 24.2 Å². The Morgan fingerprint density at radius 1 is 1.44 bits per heavy atom. The van der Waals surface area contributed by atoms with E-state index in [-0.39, 0.29) is 12.0 Å². The van der Waals surface area contributed by atoms with Gasteiger partial charge < -0.3 is 4.74 Å². The van der Waals surface area contributed by atoms with Gasteiger partial charge in [-0.05, 0) is 18.6 Å². The summed E-state index contributed by atoms with van der Waals surface area (Å²) in [6.45, 7) is 0. The van der Waals surface area contributed by atoms with Gasteiger partial charge in [0.1, 0.15) is 0 Å². The Labute approximate surface area is 90.2 Å². The molecule has 0 saturated heterocycles. The van der Waals surface area contributed by atoms with Crippen LogP contribution in [0.5, 0.6) is 0 Å². The molecule has 1 aromatic heterocycles. The number of pyridine rings is 1. The van der Waals surface area contributed by atoms with E-state index in [0.717, 1.165) is 0 Å². The van der Waals surface area contributed by atoms with Gasteiger partial charge in [-0.15, -0.1) is 0 Å². The third kappa shape index (κ3) is 3.88. The fourth-order valence-corrected chi connectivity index (χ4v) is 1.08. The number of rotatable bonds is 3. The zero-order valence-corrected chi connectivity index (χ0v) is 8.54. The highest BCUT2D eigenvalue weighted by Crippen LogP contribution is 2.21. The summed E-state index contributed by atoms with van der Waals surface area (Å²) in [6, 6.07) is 2.78. The fraction of sp³-hybridized carbons (Fsp3) is 0.400. The number of halogens is 3. The number of nitrogens with zero attached hydrogens (tertiary/aromatic N) is 1. The predicted molar refractivity (Wildman–Crippen MR) is 50.0 cm³/mol. The van der Waals surface area contributed by atoms with Crippen molar-refractivity contribution in [1.29, 1.82) is 0 Å². The minimum atomic E-state index is -4.19. The van der Waals surface area contributed by atoms with E-state index in [2.05, 4.69) is 9.72 Å². The third-order valence-electron chi connectivity index (χ3n) is 1.91. The van der Waals surface area contributed by atoms with E-state index in [1.165, 1.54) is 25.4 Å². The standard InChI is InChI=1S/C10H10F3NO2/c1-16-9(15)7-2-3-8(14-6-7)4-5-10(11,12)13/h2-3,6H,4-5H2,1H3. The molecule has 1 aromatic rings. The molecule has 3 nitrogen and oxygen atoms in total. The Morgan fingerprint density at radius 2 is 2.12 bits per heavy atom. The molecule has 1 rings (SSSR count). The molecule has 0 radical (unpaired) electrons. The van der Waals surface area contributed by atoms with E-state index >= 15 is 0 Å². The zero-order chi connectivity index (χ0) is 12.2. The largest absolute Gasteiger partial charge is 0.465 e. The van der Waals surface area contributed by atoms with Crippen molar-refractivity contribution in [3.8, 4) is 0 Å². The summed E-state index contributed by atoms with van der Waals surface area (Å²) in [5.41, 5.74) is 0.517. The molecular formula is C10H10F3NO2. The summed E-state index contributed by atoms with van der Waals surface area (Å²) in [5, 5.41) is 0. The highest BCUT2D eigenvalue weighted by atomic mass is 19.4. The van der Waals surface area contributed by atoms with Crippen LogP contribution in [0.15, 0.2) is 18.3 Å². The van der Waals surface area contributed by atoms with Crippen LogP contribution in [0.4, 0.5) is 13.2 Å². The minimum Gasteiger partial charge on any atom is -0.465 e. The molecule has 1 heterocycles. The van der Waals surface area contributed by atoms with Gasteiger partial charge >= 0.3 is 12.1 Å². The van der Waals surface area contributed by atoms with E-state index in [1.807, 2.05) is 0 Å². The van der Waals surface area contributed by atoms with Gasteiger partial charge in [-0.3, -0.25) is 4.98 Å². The summed E-state index contributed by atoms with van der Waals surface area (Å²) in [4.78, 5) is 14.7. The minimum absolute atomic E-state index is 0.190. The lowest BCUT2D eigenvalue weighted by Crippen LogP contribution is -2.09. The number of hydrogen-bond acceptors (Lipinski definition) is 3. The monoisotopic (exact) mass is 233 g/mol. The Hall–Kier alpha value is -1.59. The van der Waals surface area contributed by atoms with Crippen LogP contribution >= 0.6 is 0 Å². The first-order valence-electron chi connectivity index (χ1n) is 4.52. The molecule has 88 valence electrons. The average molecular weight is 233 g/mol. The summed E-state index contributed by atoms with van der Waals surface area (Å²) < 4.78 is 40.1. The van der Waals surface area contributed by atoms with Crippen molar-refractivity contribution in [3.63, 3.8) is 0 Å². The van der Waals surface area contributed by atoms with Crippen molar-refractivity contribution >= 4 is 5.97 Å². The lowest BCUT2D eigenvalue weighted by Gasteiger charge is -2.05. The Morgan fingerprint density at radius 3 is 2.56 bits per heavy atom. The second kappa shape index (κ2) is 4.96. The number of carbonyl (C=O) groups is 1. The van der Waals surface area contributed by atoms with Crippen molar-refractivity contribution in [3.05, 3.63) is 29.6 Å². The van der Waals surface area contributed by atoms with Crippen molar-refractivity contribution in [1.82, 2.24) is 4.98 Å². The second-order valence-corrected chi connectivity index (χ2v) is 3.14. The van der Waals surface area contributed by atoms with E-state index < -0.39 is 18.6 Å². The van der Waals surface area contributed by atoms with Crippen molar-refractivity contribution in [2.24, 2.45) is 0 Å². The molecule has 0 bridgehead atoms. The molecule has 0 N–H and O–H groups in total. The predicted octanol–water partition coefficient (Wildman–Crippen LogP) is 2.36. The van der Waals surface area contributed by atoms with Gasteiger partial charge in [0.15, 0.2) is 0 Å². The SMILES string of the molecule is COC(=O)c1ccc(CCC(F)(F)F)nc1. The Balaban J connectivity index is 2.62. The maximum Gasteiger partial charge on any atom is 0.389 e. The van der Waals surface area contributed by atoms with Gasteiger partial charge in [0.05, 0.1) is 12.7 Å². The Bertz CT molecular complexity index is 359. The van der Waals surface area contributed by atoms with E-state index in [0.29, 0.717) is 5.69 Å². The molecule has 16 heavy (non-hydrogen) atoms. The molecule has 0 aliphatic rings. The van der Waals surface area contributed by atoms with Gasteiger partial charge in [0.25, 0.3) is 0 Å². The van der Waals surface area contributed by atoms with Crippen molar-refractivity contribution in [2.75, 3.05) is 7.11 Å². The maximum absolute atomic E-state index is 11.9. The number of carbonyl (C=O) groups excluding carboxylic acids is 1. The van der Waals surface area contributed by atoms with Crippen molar-refractivity contribution < 1.29 is 22.7 Å². The molecule has 0 atom stereocenters. The van der Waals surface area contributed by atoms with Gasteiger partial charge in [-0.1, -0.05) is 0 Å². The molecule has 0 unspecified atom stereocenters. The van der Waals surface area contributed by atoms with Crippen LogP contribution in [0.2, 0.25) is 0 Å². The normalized spacial score (nSPS) is 11.2. The maximum atomic E-state index is 11.9. The van der Waals surface area contributed by atoms with Crippen LogP contribution in [-0.2, 0) is 11.2 Å². The fourth-order valence-electron chi connectivity index (χ4n) is 1.08. The van der Waals surface area contributed by atoms with Gasteiger partial charge in [-0.25, -0.2) is 4.79 Å². The van der Waals surface area contributed by atoms with Gasteiger partial charge in [0, 0.05) is 18.3 Å². The molecule has 6 heteroatoms. The van der Waals surface area contributed by atoms with Gasteiger partial charge in [-0.2, -0.15) is 13.2 Å². The van der Waals surface area contributed by atoms with E-state index in [4.69, 9.17) is 0 Å². The molecule has 0 fully saturated rings. The second-order valence-electron chi connectivity index (χ2n) is 3.14. The highest BCUT2D eigenvalue weighted by Gasteiger charge is 2.26. The van der Waals surface area contributed by atoms with Crippen LogP contribution in [0.3, 0.4) is 0 Å². The molecule has 0 amide bonds. The molecule has 0 saturated carbocycles. The van der Waals surface area contributed by atoms with E-state index in [1.54, 1.807) is 0 Å². The molecule has 0 spiro atoms. The lowest BCUT2D eigenvalue weighted by atomic mass is 10.2. The average Bonchev–Trinajstić information content (AvgIpc) is 2.25. The number of hydrogen-bond donors (Lipinski definition) is 0. The summed E-state index contributed by atoms with van der Waals surface area (Å²) >= 11 is 0. The van der Waals surface area contributed by atoms with Crippen LogP contribution in [0, 0.1) is 0 Å². The number of ether oxygens (including phenoxy) is 1. The highest BCUT2D eigenvalue weighted by molar-refractivity contribution is 5.88. The molecular weight excluding hydrogens is 223 g/mol. The van der Waals surface area contributed by atoms with Crippen LogP contribution < -0.4 is 0 Å².